The summed E-state index contributed by atoms with van der Waals surface area (Å²) in [7, 11) is 2.18. The van der Waals surface area contributed by atoms with Crippen LogP contribution in [0.4, 0.5) is 18.9 Å². The number of nitrogens with zero attached hydrogens (tertiary/aromatic N) is 2. The van der Waals surface area contributed by atoms with Crippen molar-refractivity contribution in [1.82, 2.24) is 15.1 Å². The lowest BCUT2D eigenvalue weighted by molar-refractivity contribution is -0.192. The molecule has 7 nitrogen and oxygen atoms in total. The number of para-hydroxylation sites is 1. The van der Waals surface area contributed by atoms with E-state index in [4.69, 9.17) is 9.90 Å². The molecule has 0 unspecified atom stereocenters. The van der Waals surface area contributed by atoms with Crippen LogP contribution in [0.25, 0.3) is 23.1 Å². The number of carboxylic acids is 1. The molecule has 1 aliphatic carbocycles. The molecule has 7 rings (SSSR count). The molecule has 10 heteroatoms. The van der Waals surface area contributed by atoms with Crippen molar-refractivity contribution in [3.8, 4) is 0 Å². The van der Waals surface area contributed by atoms with Crippen LogP contribution < -0.4 is 5.32 Å². The first-order chi connectivity index (χ1) is 19.6. The van der Waals surface area contributed by atoms with Crippen molar-refractivity contribution >= 4 is 40.6 Å². The van der Waals surface area contributed by atoms with Gasteiger partial charge >= 0.3 is 12.1 Å². The van der Waals surface area contributed by atoms with E-state index in [0.717, 1.165) is 53.8 Å². The smallest absolute Gasteiger partial charge is 0.475 e. The fraction of sp³-hybridized carbons (Fsp3) is 0.258. The maximum absolute atomic E-state index is 12.9. The van der Waals surface area contributed by atoms with Gasteiger partial charge in [0.15, 0.2) is 0 Å². The van der Waals surface area contributed by atoms with Crippen LogP contribution in [0, 0.1) is 0 Å². The van der Waals surface area contributed by atoms with Crippen LogP contribution in [0.3, 0.4) is 0 Å². The van der Waals surface area contributed by atoms with E-state index in [1.807, 2.05) is 18.2 Å². The predicted molar refractivity (Wildman–Crippen MR) is 149 cm³/mol. The van der Waals surface area contributed by atoms with Crippen LogP contribution >= 0.6 is 0 Å². The van der Waals surface area contributed by atoms with E-state index in [1.54, 1.807) is 0 Å². The summed E-state index contributed by atoms with van der Waals surface area (Å²) in [5.41, 5.74) is 8.91. The summed E-state index contributed by atoms with van der Waals surface area (Å²) in [4.78, 5) is 24.1. The highest BCUT2D eigenvalue weighted by atomic mass is 19.4. The Balaban J connectivity index is 0.000000387. The summed E-state index contributed by atoms with van der Waals surface area (Å²) in [6, 6.07) is 21.3. The van der Waals surface area contributed by atoms with E-state index in [0.29, 0.717) is 0 Å². The molecule has 3 heterocycles. The number of H-pyrrole nitrogens is 1. The van der Waals surface area contributed by atoms with E-state index in [-0.39, 0.29) is 11.8 Å². The van der Waals surface area contributed by atoms with Crippen LogP contribution in [0.5, 0.6) is 0 Å². The number of aromatic amines is 1. The molecular weight excluding hydrogens is 533 g/mol. The largest absolute Gasteiger partial charge is 0.490 e. The molecule has 0 radical (unpaired) electrons. The van der Waals surface area contributed by atoms with Crippen LogP contribution in [0.1, 0.15) is 45.8 Å². The minimum atomic E-state index is -5.08. The zero-order valence-corrected chi connectivity index (χ0v) is 22.1. The molecule has 0 bridgehead atoms. The summed E-state index contributed by atoms with van der Waals surface area (Å²) in [6.45, 7) is 2.14. The lowest BCUT2D eigenvalue weighted by Gasteiger charge is -2.25. The highest BCUT2D eigenvalue weighted by Crippen LogP contribution is 2.65. The number of halogens is 3. The first kappa shape index (κ1) is 26.8. The minimum Gasteiger partial charge on any atom is -0.475 e. The maximum atomic E-state index is 12.9. The number of likely N-dealkylation sites (N-methyl/N-ethyl adjacent to an activating group) is 1. The van der Waals surface area contributed by atoms with Gasteiger partial charge in [0, 0.05) is 30.1 Å². The first-order valence-corrected chi connectivity index (χ1v) is 13.2. The molecule has 2 atom stereocenters. The van der Waals surface area contributed by atoms with E-state index >= 15 is 0 Å². The third kappa shape index (κ3) is 4.88. The van der Waals surface area contributed by atoms with Gasteiger partial charge in [-0.3, -0.25) is 9.89 Å². The second-order valence-corrected chi connectivity index (χ2v) is 10.8. The lowest BCUT2D eigenvalue weighted by atomic mass is 9.92. The number of carboxylic acid groups (broad SMARTS) is 1. The molecule has 3 aromatic carbocycles. The van der Waals surface area contributed by atoms with Gasteiger partial charge < -0.3 is 15.3 Å². The number of aliphatic carboxylic acids is 1. The van der Waals surface area contributed by atoms with Gasteiger partial charge in [0.1, 0.15) is 0 Å². The molecular formula is C31H27F3N4O3. The van der Waals surface area contributed by atoms with Gasteiger partial charge in [-0.05, 0) is 65.9 Å². The Morgan fingerprint density at radius 2 is 1.88 bits per heavy atom. The minimum absolute atomic E-state index is 0.128. The van der Waals surface area contributed by atoms with Crippen LogP contribution in [0.15, 0.2) is 60.7 Å². The first-order valence-electron chi connectivity index (χ1n) is 13.2. The molecule has 1 aromatic heterocycles. The molecule has 3 aliphatic rings. The number of nitrogens with one attached hydrogen (secondary N) is 2. The number of anilines is 1. The highest BCUT2D eigenvalue weighted by Gasteiger charge is 2.65. The van der Waals surface area contributed by atoms with Crippen molar-refractivity contribution in [2.45, 2.75) is 36.9 Å². The molecule has 210 valence electrons. The Morgan fingerprint density at radius 3 is 2.66 bits per heavy atom. The number of fused-ring (bicyclic) bond motifs is 4. The monoisotopic (exact) mass is 560 g/mol. The van der Waals surface area contributed by atoms with E-state index in [1.165, 1.54) is 22.3 Å². The summed E-state index contributed by atoms with van der Waals surface area (Å²) in [6.07, 6.45) is 1.13. The molecule has 1 saturated carbocycles. The van der Waals surface area contributed by atoms with Crippen molar-refractivity contribution in [3.05, 3.63) is 94.2 Å². The van der Waals surface area contributed by atoms with E-state index in [2.05, 4.69) is 82.1 Å². The summed E-state index contributed by atoms with van der Waals surface area (Å²) >= 11 is 0. The number of aromatic nitrogens is 2. The second-order valence-electron chi connectivity index (χ2n) is 10.8. The number of carbonyl (C=O) groups excluding carboxylic acids is 1. The van der Waals surface area contributed by atoms with Gasteiger partial charge in [-0.2, -0.15) is 18.3 Å². The van der Waals surface area contributed by atoms with Crippen LogP contribution in [-0.2, 0) is 28.0 Å². The normalized spacial score (nSPS) is 21.4. The molecule has 2 aliphatic heterocycles. The van der Waals surface area contributed by atoms with E-state index < -0.39 is 17.6 Å². The number of carbonyl (C=O) groups is 2. The highest BCUT2D eigenvalue weighted by molar-refractivity contribution is 6.09. The quantitative estimate of drug-likeness (QED) is 0.297. The van der Waals surface area contributed by atoms with Crippen molar-refractivity contribution < 1.29 is 27.9 Å². The molecule has 1 spiro atoms. The Morgan fingerprint density at radius 1 is 1.10 bits per heavy atom. The molecule has 4 aromatic rings. The Labute approximate surface area is 233 Å². The molecule has 1 fully saturated rings. The Bertz CT molecular complexity index is 1710. The summed E-state index contributed by atoms with van der Waals surface area (Å²) < 4.78 is 31.7. The Kier molecular flexibility index (Phi) is 6.45. The molecule has 3 N–H and O–H groups in total. The van der Waals surface area contributed by atoms with Gasteiger partial charge in [-0.15, -0.1) is 0 Å². The van der Waals surface area contributed by atoms with Gasteiger partial charge in [-0.1, -0.05) is 54.6 Å². The summed E-state index contributed by atoms with van der Waals surface area (Å²) in [5, 5.41) is 19.1. The predicted octanol–water partition coefficient (Wildman–Crippen LogP) is 5.73. The third-order valence-corrected chi connectivity index (χ3v) is 8.15. The summed E-state index contributed by atoms with van der Waals surface area (Å²) in [5.74, 6) is -2.42. The average molecular weight is 561 g/mol. The van der Waals surface area contributed by atoms with Crippen LogP contribution in [0.2, 0.25) is 0 Å². The average Bonchev–Trinajstić information content (AvgIpc) is 3.47. The third-order valence-electron chi connectivity index (χ3n) is 8.15. The fourth-order valence-corrected chi connectivity index (χ4v) is 5.95. The molecule has 41 heavy (non-hydrogen) atoms. The number of amides is 1. The fourth-order valence-electron chi connectivity index (χ4n) is 5.95. The Hall–Kier alpha value is -4.44. The number of benzene rings is 3. The zero-order valence-electron chi connectivity index (χ0n) is 22.1. The molecule has 1 amide bonds. The topological polar surface area (TPSA) is 98.3 Å². The van der Waals surface area contributed by atoms with Gasteiger partial charge in [-0.25, -0.2) is 4.79 Å². The number of rotatable bonds is 3. The van der Waals surface area contributed by atoms with Crippen molar-refractivity contribution in [2.75, 3.05) is 18.9 Å². The van der Waals surface area contributed by atoms with E-state index in [9.17, 15) is 18.0 Å². The number of hydrogen-bond donors (Lipinski definition) is 3. The lowest BCUT2D eigenvalue weighted by Crippen LogP contribution is -2.26. The molecule has 0 saturated heterocycles. The zero-order chi connectivity index (χ0) is 28.9. The standard InChI is InChI=1S/C29H26N4O.C2HF3O2/c1-33-13-12-19-8-6-18(14-21(19)17-33)7-11-25-22-10-9-20(15-27(22)32-31-25)24-16-29(24)23-4-2-3-5-26(23)30-28(29)34;3-2(4,5)1(6)7/h2-11,14-15,24H,12-13,16-17H2,1H3,(H,30,34)(H,31,32);(H,6,7)/b11-7+;/t24-,29-;/m0./s1. The van der Waals surface area contributed by atoms with Crippen molar-refractivity contribution in [3.63, 3.8) is 0 Å². The SMILES string of the molecule is CN1CCc2ccc(/C=C/c3n[nH]c4cc([C@@H]5C[C@@]56C(=O)Nc5ccccc56)ccc34)cc2C1.O=C(O)C(F)(F)F. The van der Waals surface area contributed by atoms with Gasteiger partial charge in [0.05, 0.1) is 16.6 Å². The van der Waals surface area contributed by atoms with Gasteiger partial charge in [0.2, 0.25) is 5.91 Å². The van der Waals surface area contributed by atoms with Crippen molar-refractivity contribution in [2.24, 2.45) is 0 Å². The van der Waals surface area contributed by atoms with Gasteiger partial charge in [0.25, 0.3) is 0 Å². The second kappa shape index (κ2) is 9.88. The number of alkyl halides is 3. The number of hydrogen-bond acceptors (Lipinski definition) is 4. The maximum Gasteiger partial charge on any atom is 0.490 e. The van der Waals surface area contributed by atoms with Crippen molar-refractivity contribution in [1.29, 1.82) is 0 Å². The van der Waals surface area contributed by atoms with Crippen LogP contribution in [-0.4, -0.2) is 51.8 Å².